The molecule has 0 unspecified atom stereocenters. The van der Waals surface area contributed by atoms with Crippen molar-refractivity contribution >= 4 is 15.9 Å². The van der Waals surface area contributed by atoms with Gasteiger partial charge in [0.1, 0.15) is 12.2 Å². The first-order valence-corrected chi connectivity index (χ1v) is 7.54. The Kier molecular flexibility index (Phi) is 3.07. The molecule has 1 saturated carbocycles. The van der Waals surface area contributed by atoms with Crippen LogP contribution in [0.5, 0.6) is 0 Å². The van der Waals surface area contributed by atoms with Crippen LogP contribution < -0.4 is 0 Å². The van der Waals surface area contributed by atoms with E-state index >= 15 is 0 Å². The van der Waals surface area contributed by atoms with E-state index in [-0.39, 0.29) is 0 Å². The number of halogens is 1. The topological polar surface area (TPSA) is 69.6 Å². The van der Waals surface area contributed by atoms with Crippen molar-refractivity contribution in [2.75, 3.05) is 0 Å². The second-order valence-electron chi connectivity index (χ2n) is 5.19. The van der Waals surface area contributed by atoms with Gasteiger partial charge in [-0.25, -0.2) is 4.68 Å². The summed E-state index contributed by atoms with van der Waals surface area (Å²) >= 11 is 3.40. The number of aromatic nitrogens is 5. The maximum absolute atomic E-state index is 5.35. The maximum Gasteiger partial charge on any atom is 0.158 e. The normalized spacial score (nSPS) is 14.5. The van der Waals surface area contributed by atoms with E-state index in [9.17, 15) is 0 Å². The molecule has 0 spiro atoms. The standard InChI is InChI=1S/C14H12BrN5O/c15-11-3-10(5-16-6-11)14-8-20(19-17-14)7-12-4-13(18-21-12)9-1-2-9/h3-6,8-9H,1-2,7H2. The maximum atomic E-state index is 5.35. The Hall–Kier alpha value is -2.02. The molecule has 0 amide bonds. The van der Waals surface area contributed by atoms with Crippen LogP contribution in [0.4, 0.5) is 0 Å². The summed E-state index contributed by atoms with van der Waals surface area (Å²) in [6.07, 6.45) is 7.81. The fraction of sp³-hybridized carbons (Fsp3) is 0.286. The third-order valence-corrected chi connectivity index (χ3v) is 3.86. The molecular weight excluding hydrogens is 334 g/mol. The Balaban J connectivity index is 1.53. The average Bonchev–Trinajstić information content (AvgIpc) is 3.05. The molecule has 1 aliphatic rings. The smallest absolute Gasteiger partial charge is 0.158 e. The van der Waals surface area contributed by atoms with Gasteiger partial charge in [-0.15, -0.1) is 5.10 Å². The van der Waals surface area contributed by atoms with E-state index in [0.29, 0.717) is 12.5 Å². The number of pyridine rings is 1. The Morgan fingerprint density at radius 2 is 2.19 bits per heavy atom. The predicted octanol–water partition coefficient (Wildman–Crippen LogP) is 3.02. The Morgan fingerprint density at radius 1 is 1.29 bits per heavy atom. The number of nitrogens with zero attached hydrogens (tertiary/aromatic N) is 5. The van der Waals surface area contributed by atoms with Gasteiger partial charge in [0, 0.05) is 34.4 Å². The highest BCUT2D eigenvalue weighted by atomic mass is 79.9. The summed E-state index contributed by atoms with van der Waals surface area (Å²) in [5.41, 5.74) is 2.76. The molecule has 0 aromatic carbocycles. The first-order chi connectivity index (χ1) is 10.3. The predicted molar refractivity (Wildman–Crippen MR) is 78.5 cm³/mol. The Bertz CT molecular complexity index is 777. The van der Waals surface area contributed by atoms with Gasteiger partial charge in [0.2, 0.25) is 0 Å². The molecule has 0 bridgehead atoms. The average molecular weight is 346 g/mol. The molecule has 1 fully saturated rings. The molecule has 1 aliphatic carbocycles. The van der Waals surface area contributed by atoms with Gasteiger partial charge in [0.25, 0.3) is 0 Å². The highest BCUT2D eigenvalue weighted by molar-refractivity contribution is 9.10. The van der Waals surface area contributed by atoms with E-state index in [1.807, 2.05) is 18.3 Å². The lowest BCUT2D eigenvalue weighted by molar-refractivity contribution is 0.365. The Labute approximate surface area is 129 Å². The van der Waals surface area contributed by atoms with Gasteiger partial charge >= 0.3 is 0 Å². The summed E-state index contributed by atoms with van der Waals surface area (Å²) in [4.78, 5) is 4.13. The van der Waals surface area contributed by atoms with Crippen molar-refractivity contribution in [2.24, 2.45) is 0 Å². The molecule has 0 saturated heterocycles. The van der Waals surface area contributed by atoms with Crippen LogP contribution >= 0.6 is 15.9 Å². The van der Waals surface area contributed by atoms with Gasteiger partial charge in [0.15, 0.2) is 5.76 Å². The second kappa shape index (κ2) is 5.07. The van der Waals surface area contributed by atoms with Gasteiger partial charge in [-0.1, -0.05) is 10.4 Å². The lowest BCUT2D eigenvalue weighted by Gasteiger charge is -1.95. The van der Waals surface area contributed by atoms with Crippen LogP contribution in [0.3, 0.4) is 0 Å². The highest BCUT2D eigenvalue weighted by Gasteiger charge is 2.27. The van der Waals surface area contributed by atoms with Gasteiger partial charge in [-0.05, 0) is 34.8 Å². The molecule has 7 heteroatoms. The van der Waals surface area contributed by atoms with Crippen molar-refractivity contribution in [1.82, 2.24) is 25.1 Å². The van der Waals surface area contributed by atoms with Gasteiger partial charge in [-0.2, -0.15) is 0 Å². The van der Waals surface area contributed by atoms with Crippen LogP contribution in [-0.2, 0) is 6.54 Å². The van der Waals surface area contributed by atoms with Crippen molar-refractivity contribution in [1.29, 1.82) is 0 Å². The van der Waals surface area contributed by atoms with Crippen LogP contribution in [-0.4, -0.2) is 25.1 Å². The fourth-order valence-electron chi connectivity index (χ4n) is 2.19. The zero-order valence-electron chi connectivity index (χ0n) is 11.1. The molecule has 106 valence electrons. The summed E-state index contributed by atoms with van der Waals surface area (Å²) in [5, 5.41) is 12.4. The first kappa shape index (κ1) is 12.7. The minimum atomic E-state index is 0.536. The monoisotopic (exact) mass is 345 g/mol. The largest absolute Gasteiger partial charge is 0.359 e. The van der Waals surface area contributed by atoms with Crippen molar-refractivity contribution in [2.45, 2.75) is 25.3 Å². The van der Waals surface area contributed by atoms with Crippen LogP contribution in [0.15, 0.2) is 39.7 Å². The second-order valence-corrected chi connectivity index (χ2v) is 6.10. The van der Waals surface area contributed by atoms with E-state index in [4.69, 9.17) is 4.52 Å². The lowest BCUT2D eigenvalue weighted by Crippen LogP contribution is -1.98. The highest BCUT2D eigenvalue weighted by Crippen LogP contribution is 2.39. The van der Waals surface area contributed by atoms with E-state index in [1.54, 1.807) is 17.1 Å². The van der Waals surface area contributed by atoms with Crippen molar-refractivity contribution in [3.63, 3.8) is 0 Å². The van der Waals surface area contributed by atoms with Crippen LogP contribution in [0.25, 0.3) is 11.3 Å². The third-order valence-electron chi connectivity index (χ3n) is 3.43. The zero-order valence-corrected chi connectivity index (χ0v) is 12.7. The zero-order chi connectivity index (χ0) is 14.2. The molecule has 4 rings (SSSR count). The minimum absolute atomic E-state index is 0.536. The number of hydrogen-bond donors (Lipinski definition) is 0. The van der Waals surface area contributed by atoms with Crippen molar-refractivity contribution in [3.05, 3.63) is 46.7 Å². The van der Waals surface area contributed by atoms with E-state index < -0.39 is 0 Å². The third kappa shape index (κ3) is 2.73. The van der Waals surface area contributed by atoms with Gasteiger partial charge < -0.3 is 4.52 Å². The minimum Gasteiger partial charge on any atom is -0.359 e. The molecular formula is C14H12BrN5O. The molecule has 3 aromatic heterocycles. The van der Waals surface area contributed by atoms with Crippen LogP contribution in [0.1, 0.15) is 30.2 Å². The van der Waals surface area contributed by atoms with Crippen LogP contribution in [0, 0.1) is 0 Å². The van der Waals surface area contributed by atoms with E-state index in [0.717, 1.165) is 27.2 Å². The molecule has 0 radical (unpaired) electrons. The molecule has 0 aliphatic heterocycles. The molecule has 0 atom stereocenters. The molecule has 3 aromatic rings. The van der Waals surface area contributed by atoms with E-state index in [1.165, 1.54) is 12.8 Å². The summed E-state index contributed by atoms with van der Waals surface area (Å²) in [7, 11) is 0. The van der Waals surface area contributed by atoms with Crippen molar-refractivity contribution < 1.29 is 4.52 Å². The quantitative estimate of drug-likeness (QED) is 0.726. The van der Waals surface area contributed by atoms with Gasteiger partial charge in [-0.3, -0.25) is 4.98 Å². The SMILES string of the molecule is Brc1cncc(-c2cn(Cc3cc(C4CC4)no3)nn2)c1. The molecule has 0 N–H and O–H groups in total. The summed E-state index contributed by atoms with van der Waals surface area (Å²) in [5.74, 6) is 1.40. The lowest BCUT2D eigenvalue weighted by atomic mass is 10.2. The molecule has 21 heavy (non-hydrogen) atoms. The van der Waals surface area contributed by atoms with Gasteiger partial charge in [0.05, 0.1) is 11.9 Å². The Morgan fingerprint density at radius 3 is 3.00 bits per heavy atom. The summed E-state index contributed by atoms with van der Waals surface area (Å²) in [6.45, 7) is 0.536. The molecule has 3 heterocycles. The fourth-order valence-corrected chi connectivity index (χ4v) is 2.56. The summed E-state index contributed by atoms with van der Waals surface area (Å²) < 4.78 is 8.00. The number of rotatable bonds is 4. The van der Waals surface area contributed by atoms with Crippen molar-refractivity contribution in [3.8, 4) is 11.3 Å². The molecule has 6 nitrogen and oxygen atoms in total. The summed E-state index contributed by atoms with van der Waals surface area (Å²) in [6, 6.07) is 3.97. The van der Waals surface area contributed by atoms with E-state index in [2.05, 4.69) is 36.4 Å². The van der Waals surface area contributed by atoms with Crippen LogP contribution in [0.2, 0.25) is 0 Å². The number of hydrogen-bond acceptors (Lipinski definition) is 5. The first-order valence-electron chi connectivity index (χ1n) is 6.74.